The first-order chi connectivity index (χ1) is 13.1. The van der Waals surface area contributed by atoms with E-state index in [2.05, 4.69) is 10.6 Å². The molecule has 27 heavy (non-hydrogen) atoms. The minimum Gasteiger partial charge on any atom is -0.495 e. The molecule has 2 amide bonds. The quantitative estimate of drug-likeness (QED) is 0.629. The van der Waals surface area contributed by atoms with Gasteiger partial charge >= 0.3 is 6.03 Å². The Morgan fingerprint density at radius 2 is 1.74 bits per heavy atom. The number of urea groups is 1. The Morgan fingerprint density at radius 1 is 1.04 bits per heavy atom. The Morgan fingerprint density at radius 3 is 2.41 bits per heavy atom. The predicted octanol–water partition coefficient (Wildman–Crippen LogP) is 3.96. The van der Waals surface area contributed by atoms with E-state index in [-0.39, 0.29) is 0 Å². The summed E-state index contributed by atoms with van der Waals surface area (Å²) < 4.78 is 21.4. The molecule has 0 aliphatic carbocycles. The van der Waals surface area contributed by atoms with Gasteiger partial charge in [0.1, 0.15) is 29.6 Å². The van der Waals surface area contributed by atoms with Crippen LogP contribution in [0.1, 0.15) is 6.92 Å². The van der Waals surface area contributed by atoms with E-state index in [4.69, 9.17) is 30.5 Å². The fourth-order valence-corrected chi connectivity index (χ4v) is 2.51. The van der Waals surface area contributed by atoms with Gasteiger partial charge in [-0.05, 0) is 19.1 Å². The number of anilines is 1. The zero-order valence-electron chi connectivity index (χ0n) is 15.5. The molecule has 0 radical (unpaired) electrons. The fraction of sp³-hybridized carbons (Fsp3) is 0.316. The summed E-state index contributed by atoms with van der Waals surface area (Å²) in [5, 5.41) is 5.80. The zero-order valence-corrected chi connectivity index (χ0v) is 16.3. The van der Waals surface area contributed by atoms with Gasteiger partial charge in [0.15, 0.2) is 0 Å². The average molecular weight is 395 g/mol. The van der Waals surface area contributed by atoms with Crippen molar-refractivity contribution in [1.29, 1.82) is 0 Å². The molecule has 0 saturated heterocycles. The van der Waals surface area contributed by atoms with Crippen LogP contribution in [0.3, 0.4) is 0 Å². The molecule has 146 valence electrons. The van der Waals surface area contributed by atoms with Crippen LogP contribution in [0.15, 0.2) is 36.4 Å². The van der Waals surface area contributed by atoms with E-state index in [1.54, 1.807) is 18.2 Å². The Balaban J connectivity index is 1.84. The molecule has 0 aliphatic rings. The summed E-state index contributed by atoms with van der Waals surface area (Å²) in [5.74, 6) is 2.28. The zero-order chi connectivity index (χ0) is 19.6. The number of halogens is 1. The van der Waals surface area contributed by atoms with Crippen molar-refractivity contribution in [2.45, 2.75) is 6.92 Å². The van der Waals surface area contributed by atoms with E-state index in [9.17, 15) is 4.79 Å². The van der Waals surface area contributed by atoms with Crippen molar-refractivity contribution < 1.29 is 23.7 Å². The number of hydrogen-bond acceptors (Lipinski definition) is 5. The summed E-state index contributed by atoms with van der Waals surface area (Å²) in [7, 11) is 2.99. The second-order valence-electron chi connectivity index (χ2n) is 5.32. The molecule has 0 aliphatic heterocycles. The lowest BCUT2D eigenvalue weighted by molar-refractivity contribution is 0.247. The number of carbonyl (C=O) groups excluding carboxylic acids is 1. The van der Waals surface area contributed by atoms with Crippen molar-refractivity contribution in [2.75, 3.05) is 39.3 Å². The van der Waals surface area contributed by atoms with Gasteiger partial charge in [-0.3, -0.25) is 0 Å². The number of rotatable bonds is 9. The van der Waals surface area contributed by atoms with E-state index < -0.39 is 6.03 Å². The maximum absolute atomic E-state index is 12.1. The summed E-state index contributed by atoms with van der Waals surface area (Å²) in [6.45, 7) is 3.13. The highest BCUT2D eigenvalue weighted by molar-refractivity contribution is 6.32. The Kier molecular flexibility index (Phi) is 7.88. The first-order valence-electron chi connectivity index (χ1n) is 8.39. The normalized spacial score (nSPS) is 10.1. The predicted molar refractivity (Wildman–Crippen MR) is 105 cm³/mol. The molecule has 2 aromatic carbocycles. The van der Waals surface area contributed by atoms with Gasteiger partial charge in [0, 0.05) is 18.2 Å². The molecule has 0 spiro atoms. The second kappa shape index (κ2) is 10.4. The topological polar surface area (TPSA) is 78.1 Å². The smallest absolute Gasteiger partial charge is 0.319 e. The summed E-state index contributed by atoms with van der Waals surface area (Å²) in [5.41, 5.74) is 0.446. The van der Waals surface area contributed by atoms with E-state index in [0.29, 0.717) is 47.7 Å². The molecule has 0 heterocycles. The summed E-state index contributed by atoms with van der Waals surface area (Å²) in [6, 6.07) is 10.1. The minimum atomic E-state index is -0.399. The maximum atomic E-state index is 12.1. The van der Waals surface area contributed by atoms with Gasteiger partial charge in [0.05, 0.1) is 38.1 Å². The van der Waals surface area contributed by atoms with Crippen LogP contribution in [0, 0.1) is 0 Å². The molecule has 0 aromatic heterocycles. The standard InChI is InChI=1S/C19H23ClN2O5/c1-4-26-13-6-5-7-14(10-13)27-9-8-21-19(23)22-16-12-17(24-2)15(20)11-18(16)25-3/h5-7,10-12H,4,8-9H2,1-3H3,(H2,21,22,23). The number of methoxy groups -OCH3 is 2. The Hall–Kier alpha value is -2.80. The van der Waals surface area contributed by atoms with Gasteiger partial charge in [0.2, 0.25) is 0 Å². The highest BCUT2D eigenvalue weighted by Crippen LogP contribution is 2.35. The van der Waals surface area contributed by atoms with Crippen LogP contribution in [0.25, 0.3) is 0 Å². The summed E-state index contributed by atoms with van der Waals surface area (Å²) >= 11 is 6.05. The maximum Gasteiger partial charge on any atom is 0.319 e. The van der Waals surface area contributed by atoms with Crippen molar-refractivity contribution in [3.63, 3.8) is 0 Å². The van der Waals surface area contributed by atoms with E-state index >= 15 is 0 Å². The largest absolute Gasteiger partial charge is 0.495 e. The molecule has 7 nitrogen and oxygen atoms in total. The van der Waals surface area contributed by atoms with Crippen molar-refractivity contribution in [3.8, 4) is 23.0 Å². The lowest BCUT2D eigenvalue weighted by atomic mass is 10.2. The van der Waals surface area contributed by atoms with Crippen molar-refractivity contribution in [1.82, 2.24) is 5.32 Å². The SMILES string of the molecule is CCOc1cccc(OCCNC(=O)Nc2cc(OC)c(Cl)cc2OC)c1. The Labute approximate surface area is 163 Å². The number of carbonyl (C=O) groups is 1. The molecular weight excluding hydrogens is 372 g/mol. The van der Waals surface area contributed by atoms with Gasteiger partial charge < -0.3 is 29.6 Å². The van der Waals surface area contributed by atoms with E-state index in [0.717, 1.165) is 5.75 Å². The highest BCUT2D eigenvalue weighted by Gasteiger charge is 2.12. The third kappa shape index (κ3) is 6.14. The van der Waals surface area contributed by atoms with Crippen LogP contribution in [-0.4, -0.2) is 40.0 Å². The number of amides is 2. The third-order valence-corrected chi connectivity index (χ3v) is 3.79. The molecule has 0 fully saturated rings. The van der Waals surface area contributed by atoms with Gasteiger partial charge in [-0.1, -0.05) is 17.7 Å². The number of nitrogens with one attached hydrogen (secondary N) is 2. The number of ether oxygens (including phenoxy) is 4. The molecule has 2 N–H and O–H groups in total. The molecule has 0 saturated carbocycles. The van der Waals surface area contributed by atoms with Gasteiger partial charge in [-0.15, -0.1) is 0 Å². The molecule has 0 atom stereocenters. The van der Waals surface area contributed by atoms with Gasteiger partial charge in [0.25, 0.3) is 0 Å². The monoisotopic (exact) mass is 394 g/mol. The highest BCUT2D eigenvalue weighted by atomic mass is 35.5. The van der Waals surface area contributed by atoms with Crippen LogP contribution in [0.2, 0.25) is 5.02 Å². The first kappa shape index (κ1) is 20.5. The van der Waals surface area contributed by atoms with Crippen molar-refractivity contribution in [2.24, 2.45) is 0 Å². The van der Waals surface area contributed by atoms with Crippen LogP contribution < -0.4 is 29.6 Å². The van der Waals surface area contributed by atoms with Crippen LogP contribution in [-0.2, 0) is 0 Å². The molecule has 0 unspecified atom stereocenters. The molecule has 8 heteroatoms. The minimum absolute atomic E-state index is 0.310. The molecular formula is C19H23ClN2O5. The summed E-state index contributed by atoms with van der Waals surface area (Å²) in [4.78, 5) is 12.1. The van der Waals surface area contributed by atoms with Crippen LogP contribution in [0.5, 0.6) is 23.0 Å². The average Bonchev–Trinajstić information content (AvgIpc) is 2.67. The fourth-order valence-electron chi connectivity index (χ4n) is 2.28. The molecule has 2 rings (SSSR count). The first-order valence-corrected chi connectivity index (χ1v) is 8.77. The number of hydrogen-bond donors (Lipinski definition) is 2. The molecule has 2 aromatic rings. The van der Waals surface area contributed by atoms with Crippen LogP contribution >= 0.6 is 11.6 Å². The third-order valence-electron chi connectivity index (χ3n) is 3.49. The van der Waals surface area contributed by atoms with E-state index in [1.165, 1.54) is 14.2 Å². The van der Waals surface area contributed by atoms with Gasteiger partial charge in [-0.2, -0.15) is 0 Å². The Bertz CT molecular complexity index is 770. The number of benzene rings is 2. The summed E-state index contributed by atoms with van der Waals surface area (Å²) in [6.07, 6.45) is 0. The second-order valence-corrected chi connectivity index (χ2v) is 5.73. The van der Waals surface area contributed by atoms with Crippen molar-refractivity contribution in [3.05, 3.63) is 41.4 Å². The lowest BCUT2D eigenvalue weighted by Gasteiger charge is -2.14. The molecule has 0 bridgehead atoms. The van der Waals surface area contributed by atoms with Gasteiger partial charge in [-0.25, -0.2) is 4.79 Å². The van der Waals surface area contributed by atoms with Crippen LogP contribution in [0.4, 0.5) is 10.5 Å². The van der Waals surface area contributed by atoms with E-state index in [1.807, 2.05) is 25.1 Å². The lowest BCUT2D eigenvalue weighted by Crippen LogP contribution is -2.32. The van der Waals surface area contributed by atoms with Crippen molar-refractivity contribution >= 4 is 23.3 Å².